The monoisotopic (exact) mass is 421 g/mol. The molecule has 2 rings (SSSR count). The van der Waals surface area contributed by atoms with E-state index in [9.17, 15) is 18.0 Å². The van der Waals surface area contributed by atoms with Crippen LogP contribution in [0.2, 0.25) is 0 Å². The minimum atomic E-state index is -3.87. The van der Waals surface area contributed by atoms with E-state index in [-0.39, 0.29) is 10.5 Å². The summed E-state index contributed by atoms with van der Waals surface area (Å²) in [7, 11) is -2.42. The molecule has 0 bridgehead atoms. The lowest BCUT2D eigenvalue weighted by Gasteiger charge is -2.15. The van der Waals surface area contributed by atoms with E-state index in [0.29, 0.717) is 18.1 Å². The molecule has 0 unspecified atom stereocenters. The average molecular weight is 421 g/mol. The molecule has 10 heteroatoms. The number of sulfonamides is 1. The number of hydrogen-bond donors (Lipinski definition) is 3. The number of ether oxygens (including phenoxy) is 2. The molecule has 0 aliphatic rings. The van der Waals surface area contributed by atoms with Crippen molar-refractivity contribution in [2.45, 2.75) is 24.8 Å². The second kappa shape index (κ2) is 9.89. The Balaban J connectivity index is 1.97. The Morgan fingerprint density at radius 1 is 1.03 bits per heavy atom. The molecule has 0 aliphatic heterocycles. The third kappa shape index (κ3) is 5.93. The lowest BCUT2D eigenvalue weighted by atomic mass is 10.2. The highest BCUT2D eigenvalue weighted by Gasteiger charge is 2.22. The number of amides is 2. The van der Waals surface area contributed by atoms with Gasteiger partial charge in [0.1, 0.15) is 0 Å². The number of methoxy groups -OCH3 is 1. The van der Waals surface area contributed by atoms with E-state index in [4.69, 9.17) is 9.47 Å². The second-order valence-corrected chi connectivity index (χ2v) is 7.61. The van der Waals surface area contributed by atoms with Crippen LogP contribution in [0.4, 0.5) is 0 Å². The molecule has 1 atom stereocenters. The fourth-order valence-electron chi connectivity index (χ4n) is 2.34. The Hall–Kier alpha value is -3.11. The molecule has 2 amide bonds. The number of rotatable bonds is 8. The highest BCUT2D eigenvalue weighted by atomic mass is 32.2. The largest absolute Gasteiger partial charge is 0.493 e. The van der Waals surface area contributed by atoms with Gasteiger partial charge in [0.25, 0.3) is 11.8 Å². The molecule has 3 N–H and O–H groups in total. The molecule has 0 spiro atoms. The maximum Gasteiger partial charge on any atom is 0.269 e. The van der Waals surface area contributed by atoms with Gasteiger partial charge >= 0.3 is 0 Å². The predicted octanol–water partition coefficient (Wildman–Crippen LogP) is 1.22. The normalized spacial score (nSPS) is 12.0. The van der Waals surface area contributed by atoms with Gasteiger partial charge in [0.15, 0.2) is 11.5 Å². The number of hydrogen-bond acceptors (Lipinski definition) is 6. The number of carbonyl (C=O) groups is 2. The number of benzene rings is 2. The van der Waals surface area contributed by atoms with Gasteiger partial charge in [0, 0.05) is 5.56 Å². The average Bonchev–Trinajstić information content (AvgIpc) is 2.72. The Bertz CT molecular complexity index is 963. The van der Waals surface area contributed by atoms with Gasteiger partial charge in [0.05, 0.1) is 24.7 Å². The van der Waals surface area contributed by atoms with Crippen molar-refractivity contribution in [3.05, 3.63) is 54.1 Å². The lowest BCUT2D eigenvalue weighted by molar-refractivity contribution is -0.123. The fraction of sp³-hybridized carbons (Fsp3) is 0.263. The standard InChI is InChI=1S/C19H23N3O6S/c1-4-28-16-11-10-14(12-17(16)27-3)19(24)21-20-18(23)13(2)22-29(25,26)15-8-6-5-7-9-15/h5-13,22H,4H2,1-3H3,(H,20,23)(H,21,24)/t13-/m1/s1. The van der Waals surface area contributed by atoms with Crippen LogP contribution in [-0.4, -0.2) is 40.0 Å². The van der Waals surface area contributed by atoms with Crippen molar-refractivity contribution in [1.29, 1.82) is 0 Å². The van der Waals surface area contributed by atoms with Crippen LogP contribution in [0.15, 0.2) is 53.4 Å². The van der Waals surface area contributed by atoms with Crippen molar-refractivity contribution >= 4 is 21.8 Å². The third-order valence-electron chi connectivity index (χ3n) is 3.80. The van der Waals surface area contributed by atoms with Crippen LogP contribution in [-0.2, 0) is 14.8 Å². The van der Waals surface area contributed by atoms with Gasteiger partial charge < -0.3 is 9.47 Å². The molecule has 9 nitrogen and oxygen atoms in total. The van der Waals surface area contributed by atoms with Crippen molar-refractivity contribution < 1.29 is 27.5 Å². The predicted molar refractivity (Wildman–Crippen MR) is 106 cm³/mol. The molecule has 2 aromatic rings. The van der Waals surface area contributed by atoms with Crippen LogP contribution < -0.4 is 25.0 Å². The molecule has 0 saturated heterocycles. The van der Waals surface area contributed by atoms with Gasteiger partial charge in [-0.1, -0.05) is 18.2 Å². The first-order valence-corrected chi connectivity index (χ1v) is 10.2. The van der Waals surface area contributed by atoms with E-state index in [1.165, 1.54) is 38.3 Å². The van der Waals surface area contributed by atoms with Crippen LogP contribution in [0, 0.1) is 0 Å². The third-order valence-corrected chi connectivity index (χ3v) is 5.36. The van der Waals surface area contributed by atoms with Gasteiger partial charge in [0.2, 0.25) is 10.0 Å². The summed E-state index contributed by atoms with van der Waals surface area (Å²) >= 11 is 0. The second-order valence-electron chi connectivity index (χ2n) is 5.90. The maximum atomic E-state index is 12.3. The van der Waals surface area contributed by atoms with Crippen molar-refractivity contribution in [1.82, 2.24) is 15.6 Å². The van der Waals surface area contributed by atoms with Crippen LogP contribution in [0.25, 0.3) is 0 Å². The number of carbonyl (C=O) groups excluding carboxylic acids is 2. The quantitative estimate of drug-likeness (QED) is 0.551. The Morgan fingerprint density at radius 3 is 2.34 bits per heavy atom. The van der Waals surface area contributed by atoms with E-state index < -0.39 is 27.9 Å². The zero-order valence-corrected chi connectivity index (χ0v) is 17.1. The zero-order valence-electron chi connectivity index (χ0n) is 16.3. The summed E-state index contributed by atoms with van der Waals surface area (Å²) in [4.78, 5) is 24.4. The molecule has 0 heterocycles. The molecular weight excluding hydrogens is 398 g/mol. The van der Waals surface area contributed by atoms with Crippen LogP contribution in [0.1, 0.15) is 24.2 Å². The first-order valence-electron chi connectivity index (χ1n) is 8.77. The summed E-state index contributed by atoms with van der Waals surface area (Å²) in [5.74, 6) is -0.470. The van der Waals surface area contributed by atoms with Gasteiger partial charge in [-0.05, 0) is 44.2 Å². The summed E-state index contributed by atoms with van der Waals surface area (Å²) in [5, 5.41) is 0. The van der Waals surface area contributed by atoms with Gasteiger partial charge in [-0.15, -0.1) is 0 Å². The minimum Gasteiger partial charge on any atom is -0.493 e. The highest BCUT2D eigenvalue weighted by Crippen LogP contribution is 2.27. The lowest BCUT2D eigenvalue weighted by Crippen LogP contribution is -2.51. The van der Waals surface area contributed by atoms with Crippen molar-refractivity contribution in [2.24, 2.45) is 0 Å². The van der Waals surface area contributed by atoms with E-state index >= 15 is 0 Å². The SMILES string of the molecule is CCOc1ccc(C(=O)NNC(=O)[C@@H](C)NS(=O)(=O)c2ccccc2)cc1OC. The molecule has 0 radical (unpaired) electrons. The van der Waals surface area contributed by atoms with Gasteiger partial charge in [-0.2, -0.15) is 4.72 Å². The Morgan fingerprint density at radius 2 is 1.72 bits per heavy atom. The van der Waals surface area contributed by atoms with Crippen molar-refractivity contribution in [3.63, 3.8) is 0 Å². The van der Waals surface area contributed by atoms with E-state index in [0.717, 1.165) is 0 Å². The summed E-state index contributed by atoms with van der Waals surface area (Å²) in [6.07, 6.45) is 0. The summed E-state index contributed by atoms with van der Waals surface area (Å²) in [6, 6.07) is 11.1. The molecule has 29 heavy (non-hydrogen) atoms. The Labute approximate surface area is 169 Å². The summed E-state index contributed by atoms with van der Waals surface area (Å²) in [5.41, 5.74) is 4.66. The smallest absolute Gasteiger partial charge is 0.269 e. The zero-order chi connectivity index (χ0) is 21.4. The van der Waals surface area contributed by atoms with Gasteiger partial charge in [-0.25, -0.2) is 8.42 Å². The first-order chi connectivity index (χ1) is 13.8. The van der Waals surface area contributed by atoms with E-state index in [2.05, 4.69) is 15.6 Å². The highest BCUT2D eigenvalue weighted by molar-refractivity contribution is 7.89. The maximum absolute atomic E-state index is 12.3. The molecule has 156 valence electrons. The fourth-order valence-corrected chi connectivity index (χ4v) is 3.56. The topological polar surface area (TPSA) is 123 Å². The summed E-state index contributed by atoms with van der Waals surface area (Å²) in [6.45, 7) is 3.62. The molecule has 0 fully saturated rings. The summed E-state index contributed by atoms with van der Waals surface area (Å²) < 4.78 is 37.3. The minimum absolute atomic E-state index is 0.0326. The van der Waals surface area contributed by atoms with E-state index in [1.807, 2.05) is 6.92 Å². The molecule has 0 aromatic heterocycles. The number of nitrogens with one attached hydrogen (secondary N) is 3. The molecule has 0 saturated carbocycles. The van der Waals surface area contributed by atoms with Crippen LogP contribution in [0.3, 0.4) is 0 Å². The number of hydrazine groups is 1. The Kier molecular flexibility index (Phi) is 7.57. The molecule has 0 aliphatic carbocycles. The van der Waals surface area contributed by atoms with Crippen molar-refractivity contribution in [3.8, 4) is 11.5 Å². The van der Waals surface area contributed by atoms with Crippen molar-refractivity contribution in [2.75, 3.05) is 13.7 Å². The van der Waals surface area contributed by atoms with Crippen LogP contribution in [0.5, 0.6) is 11.5 Å². The van der Waals surface area contributed by atoms with Gasteiger partial charge in [-0.3, -0.25) is 20.4 Å². The van der Waals surface area contributed by atoms with Crippen LogP contribution >= 0.6 is 0 Å². The first kappa shape index (κ1) is 22.2. The molecule has 2 aromatic carbocycles. The van der Waals surface area contributed by atoms with E-state index in [1.54, 1.807) is 24.3 Å². The molecular formula is C19H23N3O6S.